The van der Waals surface area contributed by atoms with Crippen molar-refractivity contribution in [3.05, 3.63) is 29.3 Å². The molecule has 0 atom stereocenters. The van der Waals surface area contributed by atoms with Crippen molar-refractivity contribution in [3.8, 4) is 5.75 Å². The summed E-state index contributed by atoms with van der Waals surface area (Å²) in [5.41, 5.74) is 1.46. The zero-order chi connectivity index (χ0) is 11.5. The predicted molar refractivity (Wildman–Crippen MR) is 50.7 cm³/mol. The van der Waals surface area contributed by atoms with Gasteiger partial charge in [0, 0.05) is 0 Å². The van der Waals surface area contributed by atoms with Crippen molar-refractivity contribution < 1.29 is 17.9 Å². The fourth-order valence-electron chi connectivity index (χ4n) is 1.24. The highest BCUT2D eigenvalue weighted by Gasteiger charge is 2.31. The van der Waals surface area contributed by atoms with Gasteiger partial charge in [-0.2, -0.15) is 0 Å². The molecule has 0 aliphatic heterocycles. The van der Waals surface area contributed by atoms with Crippen LogP contribution in [0.3, 0.4) is 0 Å². The van der Waals surface area contributed by atoms with E-state index in [9.17, 15) is 13.2 Å². The Balaban J connectivity index is 2.97. The Kier molecular flexibility index (Phi) is 3.61. The van der Waals surface area contributed by atoms with Crippen molar-refractivity contribution >= 4 is 0 Å². The Morgan fingerprint density at radius 2 is 1.60 bits per heavy atom. The molecule has 0 amide bonds. The molecule has 0 heterocycles. The smallest absolute Gasteiger partial charge is 0.406 e. The quantitative estimate of drug-likeness (QED) is 0.752. The SMILES string of the molecule is CCc1[c]c(CC)cc(OC(F)(F)F)c1. The van der Waals surface area contributed by atoms with E-state index in [1.165, 1.54) is 12.1 Å². The first-order valence-electron chi connectivity index (χ1n) is 4.75. The van der Waals surface area contributed by atoms with Gasteiger partial charge in [-0.25, -0.2) is 0 Å². The summed E-state index contributed by atoms with van der Waals surface area (Å²) in [6, 6.07) is 5.76. The summed E-state index contributed by atoms with van der Waals surface area (Å²) in [5.74, 6) is -0.157. The van der Waals surface area contributed by atoms with Crippen LogP contribution in [0.5, 0.6) is 5.75 Å². The molecule has 0 saturated carbocycles. The van der Waals surface area contributed by atoms with Crippen LogP contribution in [-0.4, -0.2) is 6.36 Å². The van der Waals surface area contributed by atoms with Crippen LogP contribution in [0.4, 0.5) is 13.2 Å². The number of benzene rings is 1. The van der Waals surface area contributed by atoms with E-state index in [0.717, 1.165) is 11.1 Å². The zero-order valence-electron chi connectivity index (χ0n) is 8.61. The monoisotopic (exact) mass is 217 g/mol. The molecule has 0 aliphatic rings. The van der Waals surface area contributed by atoms with Crippen molar-refractivity contribution in [3.63, 3.8) is 0 Å². The van der Waals surface area contributed by atoms with Crippen LogP contribution < -0.4 is 4.74 Å². The molecule has 0 aromatic heterocycles. The van der Waals surface area contributed by atoms with Gasteiger partial charge in [0.05, 0.1) is 0 Å². The highest BCUT2D eigenvalue weighted by atomic mass is 19.4. The summed E-state index contributed by atoms with van der Waals surface area (Å²) < 4.78 is 39.8. The molecule has 1 rings (SSSR count). The largest absolute Gasteiger partial charge is 0.573 e. The lowest BCUT2D eigenvalue weighted by atomic mass is 10.1. The van der Waals surface area contributed by atoms with Gasteiger partial charge in [-0.3, -0.25) is 0 Å². The predicted octanol–water partition coefficient (Wildman–Crippen LogP) is 3.51. The van der Waals surface area contributed by atoms with Crippen molar-refractivity contribution in [2.45, 2.75) is 33.1 Å². The summed E-state index contributed by atoms with van der Waals surface area (Å²) >= 11 is 0. The van der Waals surface area contributed by atoms with Gasteiger partial charge in [0.1, 0.15) is 5.75 Å². The van der Waals surface area contributed by atoms with Gasteiger partial charge in [-0.05, 0) is 42.2 Å². The number of hydrogen-bond donors (Lipinski definition) is 0. The average Bonchev–Trinajstić information content (AvgIpc) is 2.14. The minimum absolute atomic E-state index is 0.157. The van der Waals surface area contributed by atoms with Gasteiger partial charge in [0.25, 0.3) is 0 Å². The van der Waals surface area contributed by atoms with Crippen molar-refractivity contribution in [2.24, 2.45) is 0 Å². The number of alkyl halides is 3. The van der Waals surface area contributed by atoms with E-state index in [2.05, 4.69) is 10.8 Å². The summed E-state index contributed by atoms with van der Waals surface area (Å²) in [4.78, 5) is 0. The molecule has 15 heavy (non-hydrogen) atoms. The lowest BCUT2D eigenvalue weighted by molar-refractivity contribution is -0.274. The molecule has 1 nitrogen and oxygen atoms in total. The van der Waals surface area contributed by atoms with Gasteiger partial charge in [0.2, 0.25) is 0 Å². The molecule has 4 heteroatoms. The molecule has 83 valence electrons. The molecule has 0 aliphatic carbocycles. The fourth-order valence-corrected chi connectivity index (χ4v) is 1.24. The Morgan fingerprint density at radius 3 is 1.93 bits per heavy atom. The first-order chi connectivity index (χ1) is 6.94. The zero-order valence-corrected chi connectivity index (χ0v) is 8.61. The number of rotatable bonds is 3. The van der Waals surface area contributed by atoms with Gasteiger partial charge < -0.3 is 4.74 Å². The highest BCUT2D eigenvalue weighted by molar-refractivity contribution is 5.33. The van der Waals surface area contributed by atoms with E-state index in [-0.39, 0.29) is 5.75 Å². The van der Waals surface area contributed by atoms with Crippen molar-refractivity contribution in [2.75, 3.05) is 0 Å². The molecule has 1 aromatic carbocycles. The van der Waals surface area contributed by atoms with Gasteiger partial charge in [-0.15, -0.1) is 13.2 Å². The number of halogens is 3. The lowest BCUT2D eigenvalue weighted by Gasteiger charge is -2.11. The second-order valence-electron chi connectivity index (χ2n) is 3.12. The second kappa shape index (κ2) is 4.55. The Morgan fingerprint density at radius 1 is 1.13 bits per heavy atom. The van der Waals surface area contributed by atoms with E-state index in [1.54, 1.807) is 0 Å². The molecular formula is C11H12F3O. The third kappa shape index (κ3) is 3.81. The Hall–Kier alpha value is -1.19. The normalized spacial score (nSPS) is 11.5. The summed E-state index contributed by atoms with van der Waals surface area (Å²) in [7, 11) is 0. The van der Waals surface area contributed by atoms with Crippen molar-refractivity contribution in [1.29, 1.82) is 0 Å². The number of hydrogen-bond acceptors (Lipinski definition) is 1. The molecule has 0 unspecified atom stereocenters. The van der Waals surface area contributed by atoms with Crippen LogP contribution in [-0.2, 0) is 12.8 Å². The van der Waals surface area contributed by atoms with Gasteiger partial charge >= 0.3 is 6.36 Å². The maximum Gasteiger partial charge on any atom is 0.573 e. The van der Waals surface area contributed by atoms with E-state index in [4.69, 9.17) is 0 Å². The van der Waals surface area contributed by atoms with Crippen LogP contribution in [0.1, 0.15) is 25.0 Å². The second-order valence-corrected chi connectivity index (χ2v) is 3.12. The minimum atomic E-state index is -4.63. The van der Waals surface area contributed by atoms with E-state index < -0.39 is 6.36 Å². The molecule has 0 N–H and O–H groups in total. The van der Waals surface area contributed by atoms with Crippen LogP contribution in [0, 0.1) is 6.07 Å². The summed E-state index contributed by atoms with van der Waals surface area (Å²) in [6.45, 7) is 3.73. The Labute approximate surface area is 86.9 Å². The first kappa shape index (κ1) is 11.9. The molecule has 0 saturated heterocycles. The Bertz CT molecular complexity index is 309. The molecule has 0 spiro atoms. The van der Waals surface area contributed by atoms with Crippen LogP contribution >= 0.6 is 0 Å². The molecular weight excluding hydrogens is 205 g/mol. The van der Waals surface area contributed by atoms with Gasteiger partial charge in [0.15, 0.2) is 0 Å². The van der Waals surface area contributed by atoms with E-state index in [0.29, 0.717) is 12.8 Å². The minimum Gasteiger partial charge on any atom is -0.406 e. The summed E-state index contributed by atoms with van der Waals surface area (Å²) in [5, 5.41) is 0. The maximum atomic E-state index is 12.0. The fraction of sp³-hybridized carbons (Fsp3) is 0.455. The average molecular weight is 217 g/mol. The standard InChI is InChI=1S/C11H12F3O/c1-3-8-5-9(4-2)7-10(6-8)15-11(12,13)14/h6-7H,3-4H2,1-2H3. The maximum absolute atomic E-state index is 12.0. The number of ether oxygens (including phenoxy) is 1. The molecule has 0 fully saturated rings. The summed E-state index contributed by atoms with van der Waals surface area (Å²) in [6.07, 6.45) is -3.35. The topological polar surface area (TPSA) is 9.23 Å². The first-order valence-corrected chi connectivity index (χ1v) is 4.75. The van der Waals surface area contributed by atoms with Gasteiger partial charge in [-0.1, -0.05) is 13.8 Å². The van der Waals surface area contributed by atoms with Crippen LogP contribution in [0.2, 0.25) is 0 Å². The lowest BCUT2D eigenvalue weighted by Crippen LogP contribution is -2.17. The van der Waals surface area contributed by atoms with E-state index >= 15 is 0 Å². The molecule has 0 bridgehead atoms. The van der Waals surface area contributed by atoms with Crippen LogP contribution in [0.25, 0.3) is 0 Å². The molecule has 1 radical (unpaired) electrons. The van der Waals surface area contributed by atoms with E-state index in [1.807, 2.05) is 13.8 Å². The van der Waals surface area contributed by atoms with Crippen molar-refractivity contribution in [1.82, 2.24) is 0 Å². The third-order valence-electron chi connectivity index (χ3n) is 1.95. The highest BCUT2D eigenvalue weighted by Crippen LogP contribution is 2.25. The van der Waals surface area contributed by atoms with Crippen LogP contribution in [0.15, 0.2) is 12.1 Å². The number of aryl methyl sites for hydroxylation is 2. The third-order valence-corrected chi connectivity index (χ3v) is 1.95. The molecule has 1 aromatic rings.